The molecule has 4 rings (SSSR count). The number of methoxy groups -OCH3 is 2. The van der Waals surface area contributed by atoms with E-state index >= 15 is 0 Å². The fourth-order valence-electron chi connectivity index (χ4n) is 3.56. The third-order valence-corrected chi connectivity index (χ3v) is 6.35. The molecule has 10 heteroatoms. The van der Waals surface area contributed by atoms with Gasteiger partial charge in [-0.2, -0.15) is 0 Å². The molecule has 0 saturated carbocycles. The van der Waals surface area contributed by atoms with Crippen molar-refractivity contribution in [1.82, 2.24) is 4.90 Å². The Morgan fingerprint density at radius 2 is 1.74 bits per heavy atom. The van der Waals surface area contributed by atoms with E-state index in [0.29, 0.717) is 48.5 Å². The summed E-state index contributed by atoms with van der Waals surface area (Å²) in [6, 6.07) is 16.3. The van der Waals surface area contributed by atoms with Gasteiger partial charge in [-0.15, -0.1) is 0 Å². The number of ether oxygens (including phenoxy) is 4. The zero-order valence-electron chi connectivity index (χ0n) is 19.5. The summed E-state index contributed by atoms with van der Waals surface area (Å²) in [7, 11) is 3.14. The van der Waals surface area contributed by atoms with Crippen LogP contribution in [0.25, 0.3) is 10.4 Å². The van der Waals surface area contributed by atoms with Crippen LogP contribution in [-0.4, -0.2) is 64.0 Å². The maximum absolute atomic E-state index is 12.5. The lowest BCUT2D eigenvalue weighted by Gasteiger charge is -2.26. The molecule has 0 aliphatic carbocycles. The summed E-state index contributed by atoms with van der Waals surface area (Å²) in [5, 5.41) is 6.01. The molecule has 2 aromatic carbocycles. The molecule has 2 N–H and O–H groups in total. The van der Waals surface area contributed by atoms with Gasteiger partial charge in [-0.05, 0) is 60.2 Å². The molecule has 9 nitrogen and oxygen atoms in total. The summed E-state index contributed by atoms with van der Waals surface area (Å²) in [4.78, 5) is 28.0. The smallest absolute Gasteiger partial charge is 0.417 e. The van der Waals surface area contributed by atoms with Crippen molar-refractivity contribution < 1.29 is 28.5 Å². The Hall–Kier alpha value is -3.60. The SMILES string of the molecule is COc1ccc(-c2ccc(OC(=O)Nc3ccc(OC)c(NC(=O)CN4CCOCC4)c3)s2)cc1. The van der Waals surface area contributed by atoms with Crippen LogP contribution in [0.1, 0.15) is 0 Å². The lowest BCUT2D eigenvalue weighted by Crippen LogP contribution is -2.41. The van der Waals surface area contributed by atoms with Gasteiger partial charge >= 0.3 is 6.09 Å². The van der Waals surface area contributed by atoms with E-state index in [1.54, 1.807) is 31.4 Å². The van der Waals surface area contributed by atoms with Crippen LogP contribution in [0.5, 0.6) is 16.6 Å². The highest BCUT2D eigenvalue weighted by Gasteiger charge is 2.16. The van der Waals surface area contributed by atoms with Crippen LogP contribution in [0.2, 0.25) is 0 Å². The molecule has 0 radical (unpaired) electrons. The van der Waals surface area contributed by atoms with Gasteiger partial charge in [-0.3, -0.25) is 15.0 Å². The minimum absolute atomic E-state index is 0.172. The molecule has 184 valence electrons. The van der Waals surface area contributed by atoms with Crippen molar-refractivity contribution in [3.8, 4) is 27.0 Å². The number of benzene rings is 2. The number of hydrogen-bond acceptors (Lipinski definition) is 8. The number of anilines is 2. The number of carbonyl (C=O) groups is 2. The molecule has 35 heavy (non-hydrogen) atoms. The van der Waals surface area contributed by atoms with Crippen molar-refractivity contribution in [2.45, 2.75) is 0 Å². The number of amides is 2. The van der Waals surface area contributed by atoms with Gasteiger partial charge in [0.1, 0.15) is 11.5 Å². The fraction of sp³-hybridized carbons (Fsp3) is 0.280. The molecule has 2 heterocycles. The van der Waals surface area contributed by atoms with Crippen LogP contribution < -0.4 is 24.8 Å². The second kappa shape index (κ2) is 11.7. The summed E-state index contributed by atoms with van der Waals surface area (Å²) >= 11 is 1.36. The summed E-state index contributed by atoms with van der Waals surface area (Å²) in [6.45, 7) is 2.90. The Morgan fingerprint density at radius 1 is 0.971 bits per heavy atom. The maximum atomic E-state index is 12.5. The summed E-state index contributed by atoms with van der Waals surface area (Å²) < 4.78 is 21.3. The molecular weight excluding hydrogens is 470 g/mol. The van der Waals surface area contributed by atoms with Gasteiger partial charge in [0.2, 0.25) is 5.91 Å². The van der Waals surface area contributed by atoms with E-state index in [1.807, 2.05) is 35.2 Å². The van der Waals surface area contributed by atoms with Gasteiger partial charge in [0.25, 0.3) is 0 Å². The first-order valence-electron chi connectivity index (χ1n) is 11.0. The van der Waals surface area contributed by atoms with Crippen LogP contribution in [-0.2, 0) is 9.53 Å². The maximum Gasteiger partial charge on any atom is 0.417 e. The Kier molecular flexibility index (Phi) is 8.19. The first kappa shape index (κ1) is 24.5. The first-order valence-corrected chi connectivity index (χ1v) is 11.9. The minimum atomic E-state index is -0.635. The molecule has 0 atom stereocenters. The van der Waals surface area contributed by atoms with E-state index in [1.165, 1.54) is 18.4 Å². The topological polar surface area (TPSA) is 98.4 Å². The van der Waals surface area contributed by atoms with Gasteiger partial charge in [-0.1, -0.05) is 11.3 Å². The normalized spacial score (nSPS) is 13.7. The summed E-state index contributed by atoms with van der Waals surface area (Å²) in [6.07, 6.45) is -0.635. The molecule has 1 fully saturated rings. The number of thiophene rings is 1. The number of nitrogens with one attached hydrogen (secondary N) is 2. The van der Waals surface area contributed by atoms with E-state index in [-0.39, 0.29) is 12.5 Å². The second-order valence-corrected chi connectivity index (χ2v) is 8.76. The molecule has 1 aliphatic heterocycles. The van der Waals surface area contributed by atoms with Crippen LogP contribution in [0.3, 0.4) is 0 Å². The van der Waals surface area contributed by atoms with E-state index in [4.69, 9.17) is 18.9 Å². The zero-order valence-corrected chi connectivity index (χ0v) is 20.4. The average Bonchev–Trinajstić information content (AvgIpc) is 3.33. The Bertz CT molecular complexity index is 1160. The minimum Gasteiger partial charge on any atom is -0.497 e. The van der Waals surface area contributed by atoms with E-state index in [9.17, 15) is 9.59 Å². The van der Waals surface area contributed by atoms with E-state index in [0.717, 1.165) is 16.2 Å². The predicted molar refractivity (Wildman–Crippen MR) is 135 cm³/mol. The third-order valence-electron chi connectivity index (χ3n) is 5.34. The molecule has 1 saturated heterocycles. The van der Waals surface area contributed by atoms with Crippen molar-refractivity contribution in [3.05, 3.63) is 54.6 Å². The summed E-state index contributed by atoms with van der Waals surface area (Å²) in [5.74, 6) is 1.09. The Morgan fingerprint density at radius 3 is 2.46 bits per heavy atom. The highest BCUT2D eigenvalue weighted by molar-refractivity contribution is 7.17. The average molecular weight is 498 g/mol. The third kappa shape index (κ3) is 6.72. The van der Waals surface area contributed by atoms with E-state index in [2.05, 4.69) is 10.6 Å². The molecule has 3 aromatic rings. The van der Waals surface area contributed by atoms with Crippen molar-refractivity contribution in [3.63, 3.8) is 0 Å². The van der Waals surface area contributed by atoms with Crippen molar-refractivity contribution >= 4 is 34.7 Å². The number of morpholine rings is 1. The molecule has 0 spiro atoms. The Balaban J connectivity index is 1.36. The molecule has 1 aliphatic rings. The van der Waals surface area contributed by atoms with Gasteiger partial charge in [0.15, 0.2) is 5.06 Å². The van der Waals surface area contributed by atoms with E-state index < -0.39 is 6.09 Å². The first-order chi connectivity index (χ1) is 17.0. The fourth-order valence-corrected chi connectivity index (χ4v) is 4.42. The van der Waals surface area contributed by atoms with Gasteiger partial charge in [0.05, 0.1) is 39.7 Å². The molecule has 2 amide bonds. The second-order valence-electron chi connectivity index (χ2n) is 7.71. The van der Waals surface area contributed by atoms with Crippen molar-refractivity contribution in [1.29, 1.82) is 0 Å². The Labute approximate surface area is 207 Å². The lowest BCUT2D eigenvalue weighted by molar-refractivity contribution is -0.118. The predicted octanol–water partition coefficient (Wildman–Crippen LogP) is 4.31. The van der Waals surface area contributed by atoms with Crippen LogP contribution in [0, 0.1) is 0 Å². The zero-order chi connectivity index (χ0) is 24.6. The molecule has 1 aromatic heterocycles. The highest BCUT2D eigenvalue weighted by Crippen LogP contribution is 2.34. The van der Waals surface area contributed by atoms with Gasteiger partial charge in [0, 0.05) is 23.7 Å². The van der Waals surface area contributed by atoms with Crippen molar-refractivity contribution in [2.75, 3.05) is 57.7 Å². The molecule has 0 unspecified atom stereocenters. The molecule has 0 bridgehead atoms. The van der Waals surface area contributed by atoms with Gasteiger partial charge < -0.3 is 24.3 Å². The monoisotopic (exact) mass is 497 g/mol. The quantitative estimate of drug-likeness (QED) is 0.478. The lowest BCUT2D eigenvalue weighted by atomic mass is 10.2. The number of carbonyl (C=O) groups excluding carboxylic acids is 2. The number of rotatable bonds is 8. The van der Waals surface area contributed by atoms with Crippen LogP contribution in [0.4, 0.5) is 16.2 Å². The molecular formula is C25H27N3O6S. The number of nitrogens with zero attached hydrogens (tertiary/aromatic N) is 1. The summed E-state index contributed by atoms with van der Waals surface area (Å²) in [5.41, 5.74) is 1.92. The standard InChI is InChI=1S/C25H27N3O6S/c1-31-19-6-3-17(4-7-19)22-9-10-24(35-22)34-25(30)26-18-5-8-21(32-2)20(15-18)27-23(29)16-28-11-13-33-14-12-28/h3-10,15H,11-14,16H2,1-2H3,(H,26,30)(H,27,29). The van der Waals surface area contributed by atoms with Crippen molar-refractivity contribution in [2.24, 2.45) is 0 Å². The van der Waals surface area contributed by atoms with Crippen LogP contribution >= 0.6 is 11.3 Å². The van der Waals surface area contributed by atoms with Gasteiger partial charge in [-0.25, -0.2) is 4.79 Å². The largest absolute Gasteiger partial charge is 0.497 e. The van der Waals surface area contributed by atoms with Crippen LogP contribution in [0.15, 0.2) is 54.6 Å². The number of hydrogen-bond donors (Lipinski definition) is 2. The highest BCUT2D eigenvalue weighted by atomic mass is 32.1.